The van der Waals surface area contributed by atoms with E-state index in [-0.39, 0.29) is 11.7 Å². The van der Waals surface area contributed by atoms with Crippen LogP contribution in [0.2, 0.25) is 0 Å². The molecule has 0 fully saturated rings. The number of aromatic nitrogens is 1. The van der Waals surface area contributed by atoms with Crippen molar-refractivity contribution in [2.24, 2.45) is 0 Å². The maximum atomic E-state index is 14.1. The highest BCUT2D eigenvalue weighted by atomic mass is 32.1. The second-order valence-electron chi connectivity index (χ2n) is 4.24. The second-order valence-corrected chi connectivity index (χ2v) is 5.16. The molecule has 1 heterocycles. The van der Waals surface area contributed by atoms with Crippen molar-refractivity contribution >= 4 is 11.3 Å². The van der Waals surface area contributed by atoms with Crippen molar-refractivity contribution in [3.8, 4) is 0 Å². The highest BCUT2D eigenvalue weighted by Gasteiger charge is 2.21. The smallest absolute Gasteiger partial charge is 0.127 e. The van der Waals surface area contributed by atoms with Gasteiger partial charge < -0.3 is 0 Å². The molecule has 0 aliphatic carbocycles. The Labute approximate surface area is 115 Å². The molecule has 0 amide bonds. The van der Waals surface area contributed by atoms with E-state index in [1.165, 1.54) is 6.07 Å². The van der Waals surface area contributed by atoms with Crippen LogP contribution in [0, 0.1) is 5.82 Å². The van der Waals surface area contributed by atoms with Crippen LogP contribution in [0.1, 0.15) is 22.1 Å². The predicted molar refractivity (Wildman–Crippen MR) is 75.9 cm³/mol. The first-order valence-corrected chi connectivity index (χ1v) is 6.93. The van der Waals surface area contributed by atoms with E-state index in [2.05, 4.69) is 4.98 Å². The van der Waals surface area contributed by atoms with Gasteiger partial charge in [-0.1, -0.05) is 48.5 Å². The average molecular weight is 269 g/mol. The molecule has 1 unspecified atom stereocenters. The predicted octanol–water partition coefficient (Wildman–Crippen LogP) is 4.46. The van der Waals surface area contributed by atoms with Gasteiger partial charge in [-0.15, -0.1) is 11.3 Å². The lowest BCUT2D eigenvalue weighted by Crippen LogP contribution is -2.05. The molecule has 1 aromatic heterocycles. The van der Waals surface area contributed by atoms with E-state index < -0.39 is 0 Å². The van der Waals surface area contributed by atoms with Crippen LogP contribution in [0.25, 0.3) is 0 Å². The van der Waals surface area contributed by atoms with Gasteiger partial charge in [0, 0.05) is 17.1 Å². The van der Waals surface area contributed by atoms with Crippen LogP contribution in [0.5, 0.6) is 0 Å². The van der Waals surface area contributed by atoms with Crippen LogP contribution in [-0.4, -0.2) is 4.98 Å². The maximum absolute atomic E-state index is 14.1. The van der Waals surface area contributed by atoms with Crippen molar-refractivity contribution in [2.75, 3.05) is 0 Å². The second kappa shape index (κ2) is 5.33. The normalized spacial score (nSPS) is 12.3. The summed E-state index contributed by atoms with van der Waals surface area (Å²) in [5.41, 5.74) is 1.73. The van der Waals surface area contributed by atoms with E-state index in [1.807, 2.05) is 47.8 Å². The number of hydrogen-bond donors (Lipinski definition) is 0. The highest BCUT2D eigenvalue weighted by Crippen LogP contribution is 2.34. The van der Waals surface area contributed by atoms with E-state index in [0.29, 0.717) is 5.56 Å². The summed E-state index contributed by atoms with van der Waals surface area (Å²) in [4.78, 5) is 4.36. The third-order valence-corrected chi connectivity index (χ3v) is 3.89. The standard InChI is InChI=1S/C16H12FNS/c17-14-9-5-4-8-13(14)15(16-18-10-11-19-16)12-6-2-1-3-7-12/h1-11,15H. The van der Waals surface area contributed by atoms with E-state index in [1.54, 1.807) is 23.6 Å². The lowest BCUT2D eigenvalue weighted by atomic mass is 9.91. The molecule has 0 spiro atoms. The fraction of sp³-hybridized carbons (Fsp3) is 0.0625. The van der Waals surface area contributed by atoms with Crippen LogP contribution in [0.15, 0.2) is 66.2 Å². The van der Waals surface area contributed by atoms with Crippen LogP contribution >= 0.6 is 11.3 Å². The van der Waals surface area contributed by atoms with Gasteiger partial charge in [-0.2, -0.15) is 0 Å². The summed E-state index contributed by atoms with van der Waals surface area (Å²) in [6.07, 6.45) is 1.76. The van der Waals surface area contributed by atoms with Crippen LogP contribution in [0.3, 0.4) is 0 Å². The molecule has 3 aromatic rings. The molecule has 0 aliphatic heterocycles. The van der Waals surface area contributed by atoms with Crippen molar-refractivity contribution in [3.63, 3.8) is 0 Å². The molecule has 2 aromatic carbocycles. The van der Waals surface area contributed by atoms with Gasteiger partial charge in [0.1, 0.15) is 10.8 Å². The van der Waals surface area contributed by atoms with Crippen LogP contribution in [0.4, 0.5) is 4.39 Å². The van der Waals surface area contributed by atoms with Crippen LogP contribution < -0.4 is 0 Å². The first kappa shape index (κ1) is 12.1. The lowest BCUT2D eigenvalue weighted by Gasteiger charge is -2.16. The van der Waals surface area contributed by atoms with Gasteiger partial charge >= 0.3 is 0 Å². The zero-order chi connectivity index (χ0) is 13.1. The van der Waals surface area contributed by atoms with Gasteiger partial charge in [0.05, 0.1) is 5.92 Å². The monoisotopic (exact) mass is 269 g/mol. The Balaban J connectivity index is 2.16. The third kappa shape index (κ3) is 2.42. The van der Waals surface area contributed by atoms with Crippen molar-refractivity contribution in [2.45, 2.75) is 5.92 Å². The Morgan fingerprint density at radius 2 is 1.68 bits per heavy atom. The zero-order valence-electron chi connectivity index (χ0n) is 10.2. The molecule has 0 N–H and O–H groups in total. The number of hydrogen-bond acceptors (Lipinski definition) is 2. The van der Waals surface area contributed by atoms with Crippen molar-refractivity contribution < 1.29 is 4.39 Å². The third-order valence-electron chi connectivity index (χ3n) is 3.05. The summed E-state index contributed by atoms with van der Waals surface area (Å²) in [6, 6.07) is 16.8. The van der Waals surface area contributed by atoms with Gasteiger partial charge in [0.25, 0.3) is 0 Å². The Kier molecular flexibility index (Phi) is 3.38. The van der Waals surface area contributed by atoms with Gasteiger partial charge in [-0.05, 0) is 11.6 Å². The molecule has 3 heteroatoms. The molecule has 94 valence electrons. The SMILES string of the molecule is Fc1ccccc1C(c1ccccc1)c1nccs1. The first-order chi connectivity index (χ1) is 9.36. The van der Waals surface area contributed by atoms with Crippen LogP contribution in [-0.2, 0) is 0 Å². The summed E-state index contributed by atoms with van der Waals surface area (Å²) in [5.74, 6) is -0.325. The minimum absolute atomic E-state index is 0.137. The minimum Gasteiger partial charge on any atom is -0.249 e. The number of rotatable bonds is 3. The Hall–Kier alpha value is -2.00. The number of nitrogens with zero attached hydrogens (tertiary/aromatic N) is 1. The summed E-state index contributed by atoms with van der Waals surface area (Å²) in [7, 11) is 0. The van der Waals surface area contributed by atoms with Gasteiger partial charge in [0.2, 0.25) is 0 Å². The molecular formula is C16H12FNS. The van der Waals surface area contributed by atoms with E-state index in [9.17, 15) is 4.39 Å². The van der Waals surface area contributed by atoms with Crippen molar-refractivity contribution in [1.82, 2.24) is 4.98 Å². The molecular weight excluding hydrogens is 257 g/mol. The Morgan fingerprint density at radius 3 is 2.37 bits per heavy atom. The molecule has 0 saturated heterocycles. The number of benzene rings is 2. The molecule has 3 rings (SSSR count). The molecule has 19 heavy (non-hydrogen) atoms. The fourth-order valence-corrected chi connectivity index (χ4v) is 2.97. The fourth-order valence-electron chi connectivity index (χ4n) is 2.19. The molecule has 0 bridgehead atoms. The molecule has 0 aliphatic rings. The highest BCUT2D eigenvalue weighted by molar-refractivity contribution is 7.09. The number of halogens is 1. The lowest BCUT2D eigenvalue weighted by molar-refractivity contribution is 0.606. The molecule has 0 radical (unpaired) electrons. The molecule has 0 saturated carbocycles. The number of thiazole rings is 1. The van der Waals surface area contributed by atoms with Gasteiger partial charge in [-0.25, -0.2) is 9.37 Å². The topological polar surface area (TPSA) is 12.9 Å². The maximum Gasteiger partial charge on any atom is 0.127 e. The molecule has 1 atom stereocenters. The minimum atomic E-state index is -0.188. The average Bonchev–Trinajstić information content (AvgIpc) is 2.96. The van der Waals surface area contributed by atoms with Gasteiger partial charge in [-0.3, -0.25) is 0 Å². The van der Waals surface area contributed by atoms with Gasteiger partial charge in [0.15, 0.2) is 0 Å². The van der Waals surface area contributed by atoms with E-state index in [0.717, 1.165) is 10.6 Å². The summed E-state index contributed by atoms with van der Waals surface area (Å²) in [6.45, 7) is 0. The van der Waals surface area contributed by atoms with Crippen molar-refractivity contribution in [1.29, 1.82) is 0 Å². The van der Waals surface area contributed by atoms with E-state index in [4.69, 9.17) is 0 Å². The Morgan fingerprint density at radius 1 is 0.947 bits per heavy atom. The summed E-state index contributed by atoms with van der Waals surface area (Å²) < 4.78 is 14.1. The van der Waals surface area contributed by atoms with Crippen molar-refractivity contribution in [3.05, 3.63) is 88.1 Å². The zero-order valence-corrected chi connectivity index (χ0v) is 11.0. The first-order valence-electron chi connectivity index (χ1n) is 6.05. The van der Waals surface area contributed by atoms with E-state index >= 15 is 0 Å². The Bertz CT molecular complexity index is 650. The largest absolute Gasteiger partial charge is 0.249 e. The summed E-state index contributed by atoms with van der Waals surface area (Å²) >= 11 is 1.55. The quantitative estimate of drug-likeness (QED) is 0.684. The summed E-state index contributed by atoms with van der Waals surface area (Å²) in [5, 5.41) is 2.84. The molecule has 1 nitrogen and oxygen atoms in total.